The SMILES string of the molecule is O[C@H]([C@H](c1ccccc1)c1cccc(F)c1)[C@H]1CCCN1. The van der Waals surface area contributed by atoms with Gasteiger partial charge < -0.3 is 10.4 Å². The van der Waals surface area contributed by atoms with E-state index in [0.29, 0.717) is 0 Å². The van der Waals surface area contributed by atoms with Crippen LogP contribution in [0.2, 0.25) is 0 Å². The zero-order chi connectivity index (χ0) is 14.7. The molecule has 2 nitrogen and oxygen atoms in total. The molecule has 2 N–H and O–H groups in total. The van der Waals surface area contributed by atoms with Gasteiger partial charge in [-0.2, -0.15) is 0 Å². The number of rotatable bonds is 4. The van der Waals surface area contributed by atoms with Crippen LogP contribution in [0.4, 0.5) is 4.39 Å². The second-order valence-corrected chi connectivity index (χ2v) is 5.64. The topological polar surface area (TPSA) is 32.3 Å². The number of hydrogen-bond donors (Lipinski definition) is 2. The van der Waals surface area contributed by atoms with E-state index in [-0.39, 0.29) is 17.8 Å². The molecule has 0 unspecified atom stereocenters. The van der Waals surface area contributed by atoms with Crippen molar-refractivity contribution >= 4 is 0 Å². The predicted octanol–water partition coefficient (Wildman–Crippen LogP) is 3.07. The van der Waals surface area contributed by atoms with Gasteiger partial charge in [0.1, 0.15) is 5.82 Å². The van der Waals surface area contributed by atoms with E-state index in [1.54, 1.807) is 6.07 Å². The molecule has 0 bridgehead atoms. The molecule has 1 saturated heterocycles. The second-order valence-electron chi connectivity index (χ2n) is 5.64. The summed E-state index contributed by atoms with van der Waals surface area (Å²) in [5.41, 5.74) is 1.84. The molecule has 0 aromatic heterocycles. The van der Waals surface area contributed by atoms with Crippen LogP contribution in [0.1, 0.15) is 29.9 Å². The van der Waals surface area contributed by atoms with E-state index in [0.717, 1.165) is 30.5 Å². The van der Waals surface area contributed by atoms with E-state index in [4.69, 9.17) is 0 Å². The van der Waals surface area contributed by atoms with Crippen LogP contribution in [-0.2, 0) is 0 Å². The van der Waals surface area contributed by atoms with Gasteiger partial charge in [-0.25, -0.2) is 4.39 Å². The molecule has 21 heavy (non-hydrogen) atoms. The van der Waals surface area contributed by atoms with Crippen LogP contribution in [0.3, 0.4) is 0 Å². The minimum absolute atomic E-state index is 0.0680. The van der Waals surface area contributed by atoms with Crippen LogP contribution in [0.25, 0.3) is 0 Å². The average Bonchev–Trinajstić information content (AvgIpc) is 3.03. The Bertz CT molecular complexity index is 581. The molecule has 1 aliphatic heterocycles. The molecule has 2 aromatic rings. The average molecular weight is 285 g/mol. The van der Waals surface area contributed by atoms with Crippen LogP contribution in [0.5, 0.6) is 0 Å². The molecule has 1 fully saturated rings. The summed E-state index contributed by atoms with van der Waals surface area (Å²) in [4.78, 5) is 0. The summed E-state index contributed by atoms with van der Waals surface area (Å²) < 4.78 is 13.6. The van der Waals surface area contributed by atoms with Crippen molar-refractivity contribution in [3.63, 3.8) is 0 Å². The monoisotopic (exact) mass is 285 g/mol. The van der Waals surface area contributed by atoms with Crippen molar-refractivity contribution in [2.24, 2.45) is 0 Å². The van der Waals surface area contributed by atoms with E-state index in [1.165, 1.54) is 12.1 Å². The molecule has 1 aliphatic rings. The van der Waals surface area contributed by atoms with Crippen LogP contribution in [0.15, 0.2) is 54.6 Å². The molecule has 0 saturated carbocycles. The van der Waals surface area contributed by atoms with Gasteiger partial charge in [0.25, 0.3) is 0 Å². The number of halogens is 1. The molecule has 3 heteroatoms. The highest BCUT2D eigenvalue weighted by Gasteiger charge is 2.31. The van der Waals surface area contributed by atoms with Crippen molar-refractivity contribution in [2.45, 2.75) is 30.9 Å². The maximum atomic E-state index is 13.6. The Morgan fingerprint density at radius 1 is 1.05 bits per heavy atom. The first-order chi connectivity index (χ1) is 10.3. The van der Waals surface area contributed by atoms with E-state index >= 15 is 0 Å². The summed E-state index contributed by atoms with van der Waals surface area (Å²) >= 11 is 0. The zero-order valence-electron chi connectivity index (χ0n) is 11.9. The molecule has 0 spiro atoms. The second kappa shape index (κ2) is 6.37. The van der Waals surface area contributed by atoms with Crippen molar-refractivity contribution < 1.29 is 9.50 Å². The normalized spacial score (nSPS) is 21.1. The highest BCUT2D eigenvalue weighted by molar-refractivity contribution is 5.34. The van der Waals surface area contributed by atoms with Gasteiger partial charge in [-0.15, -0.1) is 0 Å². The Labute approximate surface area is 124 Å². The van der Waals surface area contributed by atoms with Crippen molar-refractivity contribution in [2.75, 3.05) is 6.54 Å². The predicted molar refractivity (Wildman–Crippen MR) is 81.7 cm³/mol. The molecular weight excluding hydrogens is 265 g/mol. The lowest BCUT2D eigenvalue weighted by molar-refractivity contribution is 0.119. The summed E-state index contributed by atoms with van der Waals surface area (Å²) in [7, 11) is 0. The molecule has 110 valence electrons. The molecule has 0 aliphatic carbocycles. The third-order valence-corrected chi connectivity index (χ3v) is 4.22. The molecule has 3 atom stereocenters. The Kier molecular flexibility index (Phi) is 4.32. The highest BCUT2D eigenvalue weighted by atomic mass is 19.1. The van der Waals surface area contributed by atoms with Crippen molar-refractivity contribution in [1.29, 1.82) is 0 Å². The first kappa shape index (κ1) is 14.2. The summed E-state index contributed by atoms with van der Waals surface area (Å²) in [5.74, 6) is -0.475. The fourth-order valence-electron chi connectivity index (χ4n) is 3.18. The molecule has 0 radical (unpaired) electrons. The van der Waals surface area contributed by atoms with Crippen LogP contribution in [-0.4, -0.2) is 23.8 Å². The van der Waals surface area contributed by atoms with Gasteiger partial charge in [-0.3, -0.25) is 0 Å². The summed E-state index contributed by atoms with van der Waals surface area (Å²) in [6, 6.07) is 16.5. The van der Waals surface area contributed by atoms with Crippen molar-refractivity contribution in [3.8, 4) is 0 Å². The van der Waals surface area contributed by atoms with Crippen LogP contribution < -0.4 is 5.32 Å². The van der Waals surface area contributed by atoms with Gasteiger partial charge in [-0.1, -0.05) is 42.5 Å². The van der Waals surface area contributed by atoms with Gasteiger partial charge >= 0.3 is 0 Å². The highest BCUT2D eigenvalue weighted by Crippen LogP contribution is 2.31. The quantitative estimate of drug-likeness (QED) is 0.905. The first-order valence-electron chi connectivity index (χ1n) is 7.47. The van der Waals surface area contributed by atoms with E-state index in [9.17, 15) is 9.50 Å². The van der Waals surface area contributed by atoms with Crippen LogP contribution >= 0.6 is 0 Å². The van der Waals surface area contributed by atoms with Gasteiger partial charge in [0.2, 0.25) is 0 Å². The number of nitrogens with one attached hydrogen (secondary N) is 1. The lowest BCUT2D eigenvalue weighted by atomic mass is 9.83. The van der Waals surface area contributed by atoms with E-state index in [1.807, 2.05) is 36.4 Å². The zero-order valence-corrected chi connectivity index (χ0v) is 11.9. The summed E-state index contributed by atoms with van der Waals surface area (Å²) in [5, 5.41) is 14.2. The third kappa shape index (κ3) is 3.14. The fraction of sp³-hybridized carbons (Fsp3) is 0.333. The summed E-state index contributed by atoms with van der Waals surface area (Å²) in [6.45, 7) is 0.937. The van der Waals surface area contributed by atoms with E-state index < -0.39 is 6.10 Å². The third-order valence-electron chi connectivity index (χ3n) is 4.22. The number of hydrogen-bond acceptors (Lipinski definition) is 2. The molecule has 0 amide bonds. The Hall–Kier alpha value is -1.71. The molecule has 1 heterocycles. The summed E-state index contributed by atoms with van der Waals surface area (Å²) in [6.07, 6.45) is 1.48. The largest absolute Gasteiger partial charge is 0.391 e. The lowest BCUT2D eigenvalue weighted by Gasteiger charge is -2.28. The standard InChI is InChI=1S/C18H20FNO/c19-15-9-4-8-14(12-15)17(13-6-2-1-3-7-13)18(21)16-10-5-11-20-16/h1-4,6-9,12,16-18,20-21H,5,10-11H2/t16-,17-,18+/m1/s1. The number of aliphatic hydroxyl groups excluding tert-OH is 1. The number of benzene rings is 2. The minimum Gasteiger partial charge on any atom is -0.391 e. The lowest BCUT2D eigenvalue weighted by Crippen LogP contribution is -2.39. The Balaban J connectivity index is 1.98. The minimum atomic E-state index is -0.559. The Morgan fingerprint density at radius 3 is 2.48 bits per heavy atom. The smallest absolute Gasteiger partial charge is 0.123 e. The van der Waals surface area contributed by atoms with Crippen LogP contribution in [0, 0.1) is 5.82 Å². The maximum absolute atomic E-state index is 13.6. The number of aliphatic hydroxyl groups is 1. The Morgan fingerprint density at radius 2 is 1.81 bits per heavy atom. The fourth-order valence-corrected chi connectivity index (χ4v) is 3.18. The van der Waals surface area contributed by atoms with Gasteiger partial charge in [0.05, 0.1) is 6.10 Å². The van der Waals surface area contributed by atoms with Gasteiger partial charge in [-0.05, 0) is 42.6 Å². The molecule has 3 rings (SSSR count). The van der Waals surface area contributed by atoms with E-state index in [2.05, 4.69) is 5.32 Å². The molecule has 2 aromatic carbocycles. The van der Waals surface area contributed by atoms with Gasteiger partial charge in [0.15, 0.2) is 0 Å². The molecular formula is C18H20FNO. The maximum Gasteiger partial charge on any atom is 0.123 e. The van der Waals surface area contributed by atoms with Crippen molar-refractivity contribution in [1.82, 2.24) is 5.32 Å². The van der Waals surface area contributed by atoms with Gasteiger partial charge in [0, 0.05) is 12.0 Å². The van der Waals surface area contributed by atoms with Crippen molar-refractivity contribution in [3.05, 3.63) is 71.5 Å². The first-order valence-corrected chi connectivity index (χ1v) is 7.47.